The maximum atomic E-state index is 8.00. The molecule has 0 fully saturated rings. The minimum atomic E-state index is -0.193. The van der Waals surface area contributed by atoms with Gasteiger partial charge >= 0.3 is 0 Å². The molecule has 2 N–H and O–H groups in total. The minimum Gasteiger partial charge on any atom is -0.326 e. The summed E-state index contributed by atoms with van der Waals surface area (Å²) in [5, 5.41) is 0. The highest BCUT2D eigenvalue weighted by atomic mass is 16.1. The second kappa shape index (κ2) is 14.8. The lowest BCUT2D eigenvalue weighted by atomic mass is 9.90. The van der Waals surface area contributed by atoms with E-state index in [9.17, 15) is 0 Å². The highest BCUT2D eigenvalue weighted by Gasteiger charge is 2.11. The number of hydrogen-bond donors (Lipinski definition) is 1. The first-order valence-electron chi connectivity index (χ1n) is 7.88. The van der Waals surface area contributed by atoms with Gasteiger partial charge in [0.15, 0.2) is 0 Å². The maximum Gasteiger partial charge on any atom is 0.106 e. The molecule has 0 aromatic rings. The first-order valence-corrected chi connectivity index (χ1v) is 7.88. The van der Waals surface area contributed by atoms with Crippen molar-refractivity contribution in [3.8, 4) is 24.7 Å². The third-order valence-electron chi connectivity index (χ3n) is 3.47. The van der Waals surface area contributed by atoms with Gasteiger partial charge < -0.3 is 10.5 Å². The summed E-state index contributed by atoms with van der Waals surface area (Å²) in [6, 6.07) is 0. The van der Waals surface area contributed by atoms with E-state index in [1.54, 1.807) is 12.2 Å². The monoisotopic (exact) mass is 337 g/mol. The van der Waals surface area contributed by atoms with Crippen molar-refractivity contribution in [3.63, 3.8) is 0 Å². The van der Waals surface area contributed by atoms with E-state index in [1.807, 2.05) is 38.9 Å². The fraction of sp³-hybridized carbons (Fsp3) is 0.261. The Bertz CT molecular complexity index is 672. The summed E-state index contributed by atoms with van der Waals surface area (Å²) in [5.41, 5.74) is 11.2. The molecule has 1 atom stereocenters. The average molecular weight is 338 g/mol. The van der Waals surface area contributed by atoms with Crippen LogP contribution in [-0.2, 0) is 4.79 Å². The van der Waals surface area contributed by atoms with Crippen molar-refractivity contribution < 1.29 is 6.22 Å². The smallest absolute Gasteiger partial charge is 0.106 e. The molecule has 0 amide bonds. The van der Waals surface area contributed by atoms with Gasteiger partial charge in [0, 0.05) is 7.97 Å². The molecule has 0 aromatic carbocycles. The van der Waals surface area contributed by atoms with Gasteiger partial charge in [-0.1, -0.05) is 54.4 Å². The zero-order chi connectivity index (χ0) is 19.8. The van der Waals surface area contributed by atoms with E-state index in [2.05, 4.69) is 38.3 Å². The van der Waals surface area contributed by atoms with Crippen molar-refractivity contribution in [2.24, 2.45) is 11.7 Å². The Labute approximate surface area is 155 Å². The van der Waals surface area contributed by atoms with Crippen molar-refractivity contribution in [1.29, 1.82) is 0 Å². The minimum absolute atomic E-state index is 0. The molecule has 0 saturated carbocycles. The van der Waals surface area contributed by atoms with Gasteiger partial charge in [-0.15, -0.1) is 12.8 Å². The topological polar surface area (TPSA) is 43.1 Å². The highest BCUT2D eigenvalue weighted by molar-refractivity contribution is 5.48. The Morgan fingerprint density at radius 2 is 1.84 bits per heavy atom. The molecular formula is C23H31NO. The van der Waals surface area contributed by atoms with Crippen LogP contribution in [0.5, 0.6) is 0 Å². The van der Waals surface area contributed by atoms with Gasteiger partial charge in [-0.05, 0) is 56.1 Å². The Morgan fingerprint density at radius 1 is 1.24 bits per heavy atom. The van der Waals surface area contributed by atoms with E-state index in [0.29, 0.717) is 6.54 Å². The molecule has 0 aromatic heterocycles. The number of allylic oxidation sites excluding steroid dienone is 9. The van der Waals surface area contributed by atoms with Crippen LogP contribution in [0.25, 0.3) is 0 Å². The summed E-state index contributed by atoms with van der Waals surface area (Å²) in [4.78, 5) is 8.00. The highest BCUT2D eigenvalue weighted by Crippen LogP contribution is 2.24. The fourth-order valence-electron chi connectivity index (χ4n) is 2.26. The Kier molecular flexibility index (Phi) is 14.4. The Balaban J connectivity index is -0.00000170. The lowest BCUT2D eigenvalue weighted by Gasteiger charge is -2.15. The summed E-state index contributed by atoms with van der Waals surface area (Å²) in [6.07, 6.45) is 22.4. The number of rotatable bonds is 7. The lowest BCUT2D eigenvalue weighted by Crippen LogP contribution is -2.08. The van der Waals surface area contributed by atoms with Crippen LogP contribution in [0, 0.1) is 30.6 Å². The SMILES string of the molecule is C#C/C=C\C(C)=C(/C=C)C(C#C)/C=C(\C=C/C)C(CN)=C(C)C.C=O.[HH]. The summed E-state index contributed by atoms with van der Waals surface area (Å²) in [7, 11) is 0. The van der Waals surface area contributed by atoms with Gasteiger partial charge in [0.05, 0.1) is 5.92 Å². The van der Waals surface area contributed by atoms with E-state index in [0.717, 1.165) is 22.3 Å². The summed E-state index contributed by atoms with van der Waals surface area (Å²) < 4.78 is 0. The Hall–Kier alpha value is -2.81. The maximum absolute atomic E-state index is 8.00. The first kappa shape index (κ1) is 24.4. The van der Waals surface area contributed by atoms with Gasteiger partial charge in [0.1, 0.15) is 6.79 Å². The third-order valence-corrected chi connectivity index (χ3v) is 3.47. The van der Waals surface area contributed by atoms with E-state index in [4.69, 9.17) is 23.4 Å². The zero-order valence-corrected chi connectivity index (χ0v) is 15.8. The van der Waals surface area contributed by atoms with Crippen LogP contribution >= 0.6 is 0 Å². The van der Waals surface area contributed by atoms with E-state index in [1.165, 1.54) is 5.57 Å². The van der Waals surface area contributed by atoms with Crippen molar-refractivity contribution in [2.45, 2.75) is 27.7 Å². The predicted molar refractivity (Wildman–Crippen MR) is 113 cm³/mol. The molecule has 0 rings (SSSR count). The molecule has 0 aliphatic rings. The number of carbonyl (C=O) groups is 1. The van der Waals surface area contributed by atoms with Crippen LogP contribution in [0.15, 0.2) is 70.9 Å². The molecular weight excluding hydrogens is 306 g/mol. The number of hydrogen-bond acceptors (Lipinski definition) is 2. The molecule has 1 unspecified atom stereocenters. The molecule has 0 aliphatic heterocycles. The Morgan fingerprint density at radius 3 is 2.20 bits per heavy atom. The van der Waals surface area contributed by atoms with Gasteiger partial charge in [0.25, 0.3) is 0 Å². The summed E-state index contributed by atoms with van der Waals surface area (Å²) >= 11 is 0. The molecule has 0 radical (unpaired) electrons. The molecule has 2 nitrogen and oxygen atoms in total. The number of carbonyl (C=O) groups excluding carboxylic acids is 1. The number of terminal acetylenes is 2. The summed E-state index contributed by atoms with van der Waals surface area (Å²) in [6.45, 7) is 14.4. The molecule has 0 spiro atoms. The van der Waals surface area contributed by atoms with Gasteiger partial charge in [-0.25, -0.2) is 0 Å². The molecule has 0 bridgehead atoms. The van der Waals surface area contributed by atoms with Gasteiger partial charge in [0.2, 0.25) is 0 Å². The standard InChI is InChI=1S/C22H27N.CH2O.H2/c1-8-12-14-18(7)21(11-4)19(10-3)15-20(13-9-2)22(16-23)17(5)6;1-2;/h1,3,9,11-15,19H,4,16,23H2,2,5-7H3;1H2;1H/b13-9-,14-12-,20-15+,21-18+;;. The number of nitrogens with two attached hydrogens (primary N) is 1. The van der Waals surface area contributed by atoms with Crippen LogP contribution in [0.2, 0.25) is 0 Å². The average Bonchev–Trinajstić information content (AvgIpc) is 2.61. The molecule has 134 valence electrons. The van der Waals surface area contributed by atoms with Crippen molar-refractivity contribution in [2.75, 3.05) is 6.54 Å². The van der Waals surface area contributed by atoms with Crippen LogP contribution in [0.4, 0.5) is 0 Å². The van der Waals surface area contributed by atoms with Crippen molar-refractivity contribution in [3.05, 3.63) is 70.9 Å². The van der Waals surface area contributed by atoms with Gasteiger partial charge in [-0.3, -0.25) is 0 Å². The largest absolute Gasteiger partial charge is 0.326 e. The van der Waals surface area contributed by atoms with Crippen LogP contribution < -0.4 is 5.73 Å². The predicted octanol–water partition coefficient (Wildman–Crippen LogP) is 4.79. The van der Waals surface area contributed by atoms with Crippen molar-refractivity contribution >= 4 is 6.79 Å². The molecule has 2 heteroatoms. The quantitative estimate of drug-likeness (QED) is 0.536. The fourth-order valence-corrected chi connectivity index (χ4v) is 2.26. The molecule has 0 heterocycles. The van der Waals surface area contributed by atoms with E-state index >= 15 is 0 Å². The first-order chi connectivity index (χ1) is 12.0. The lowest BCUT2D eigenvalue weighted by molar-refractivity contribution is -0.0979. The zero-order valence-electron chi connectivity index (χ0n) is 15.8. The van der Waals surface area contributed by atoms with Crippen LogP contribution in [0.1, 0.15) is 29.1 Å². The normalized spacial score (nSPS) is 13.2. The second-order valence-electron chi connectivity index (χ2n) is 5.29. The van der Waals surface area contributed by atoms with E-state index < -0.39 is 0 Å². The van der Waals surface area contributed by atoms with Gasteiger partial charge in [-0.2, -0.15) is 0 Å². The van der Waals surface area contributed by atoms with Crippen molar-refractivity contribution in [1.82, 2.24) is 0 Å². The molecule has 25 heavy (non-hydrogen) atoms. The summed E-state index contributed by atoms with van der Waals surface area (Å²) in [5.74, 6) is 5.12. The van der Waals surface area contributed by atoms with Crippen LogP contribution in [-0.4, -0.2) is 13.3 Å². The van der Waals surface area contributed by atoms with E-state index in [-0.39, 0.29) is 7.34 Å². The van der Waals surface area contributed by atoms with Crippen LogP contribution in [0.3, 0.4) is 0 Å². The third kappa shape index (κ3) is 8.56. The second-order valence-corrected chi connectivity index (χ2v) is 5.29. The molecule has 0 aliphatic carbocycles. The molecule has 0 saturated heterocycles.